The Morgan fingerprint density at radius 3 is 2.44 bits per heavy atom. The van der Waals surface area contributed by atoms with Gasteiger partial charge in [-0.15, -0.1) is 0 Å². The molecule has 132 valence electrons. The van der Waals surface area contributed by atoms with Crippen LogP contribution in [0, 0.1) is 0 Å². The molecule has 1 fully saturated rings. The molecule has 1 unspecified atom stereocenters. The zero-order chi connectivity index (χ0) is 17.9. The molecule has 1 N–H and O–H groups in total. The standard InChI is InChI=1S/C18H20N2O4S/c1-14-13-20(11-12-24-14)25(22,23)17-9-7-16(8-10-17)19-18(21)15-5-3-2-4-6-15/h2-10,14H,11-13H2,1H3,(H,19,21). The summed E-state index contributed by atoms with van der Waals surface area (Å²) < 4.78 is 32.2. The monoisotopic (exact) mass is 360 g/mol. The second kappa shape index (κ2) is 7.35. The highest BCUT2D eigenvalue weighted by Crippen LogP contribution is 2.21. The average molecular weight is 360 g/mol. The van der Waals surface area contributed by atoms with Gasteiger partial charge in [0.15, 0.2) is 0 Å². The molecule has 1 saturated heterocycles. The van der Waals surface area contributed by atoms with Crippen LogP contribution in [-0.2, 0) is 14.8 Å². The molecule has 7 heteroatoms. The predicted molar refractivity (Wildman–Crippen MR) is 95.0 cm³/mol. The lowest BCUT2D eigenvalue weighted by Gasteiger charge is -2.30. The van der Waals surface area contributed by atoms with E-state index in [-0.39, 0.29) is 16.9 Å². The Morgan fingerprint density at radius 1 is 1.12 bits per heavy atom. The fourth-order valence-electron chi connectivity index (χ4n) is 2.66. The number of benzene rings is 2. The second-order valence-electron chi connectivity index (χ2n) is 5.89. The van der Waals surface area contributed by atoms with Gasteiger partial charge in [-0.3, -0.25) is 4.79 Å². The van der Waals surface area contributed by atoms with Gasteiger partial charge in [0.1, 0.15) is 0 Å². The maximum absolute atomic E-state index is 12.7. The van der Waals surface area contributed by atoms with E-state index in [0.717, 1.165) is 0 Å². The van der Waals surface area contributed by atoms with E-state index in [9.17, 15) is 13.2 Å². The Kier molecular flexibility index (Phi) is 5.17. The molecule has 6 nitrogen and oxygen atoms in total. The van der Waals surface area contributed by atoms with Gasteiger partial charge in [-0.05, 0) is 43.3 Å². The molecule has 3 rings (SSSR count). The molecule has 0 radical (unpaired) electrons. The van der Waals surface area contributed by atoms with Crippen molar-refractivity contribution in [1.82, 2.24) is 4.31 Å². The van der Waals surface area contributed by atoms with E-state index in [1.54, 1.807) is 36.4 Å². The number of amides is 1. The lowest BCUT2D eigenvalue weighted by molar-refractivity contribution is 0.0102. The van der Waals surface area contributed by atoms with Crippen LogP contribution in [0.15, 0.2) is 59.5 Å². The Hall–Kier alpha value is -2.22. The van der Waals surface area contributed by atoms with Crippen LogP contribution in [0.25, 0.3) is 0 Å². The van der Waals surface area contributed by atoms with Gasteiger partial charge in [-0.2, -0.15) is 4.31 Å². The molecule has 1 aliphatic rings. The highest BCUT2D eigenvalue weighted by Gasteiger charge is 2.29. The molecular formula is C18H20N2O4S. The first-order valence-electron chi connectivity index (χ1n) is 8.05. The average Bonchev–Trinajstić information content (AvgIpc) is 2.63. The second-order valence-corrected chi connectivity index (χ2v) is 7.83. The van der Waals surface area contributed by atoms with Crippen molar-refractivity contribution in [3.8, 4) is 0 Å². The fourth-order valence-corrected chi connectivity index (χ4v) is 4.16. The predicted octanol–water partition coefficient (Wildman–Crippen LogP) is 2.35. The fraction of sp³-hybridized carbons (Fsp3) is 0.278. The molecule has 0 aliphatic carbocycles. The van der Waals surface area contributed by atoms with Crippen molar-refractivity contribution >= 4 is 21.6 Å². The summed E-state index contributed by atoms with van der Waals surface area (Å²) in [4.78, 5) is 12.3. The van der Waals surface area contributed by atoms with Crippen molar-refractivity contribution in [3.05, 3.63) is 60.2 Å². The molecule has 0 aromatic heterocycles. The van der Waals surface area contributed by atoms with E-state index in [2.05, 4.69) is 5.32 Å². The molecule has 2 aromatic carbocycles. The first-order chi connectivity index (χ1) is 12.0. The summed E-state index contributed by atoms with van der Waals surface area (Å²) in [6.45, 7) is 2.93. The zero-order valence-electron chi connectivity index (χ0n) is 13.9. The Balaban J connectivity index is 1.72. The van der Waals surface area contributed by atoms with E-state index in [1.165, 1.54) is 16.4 Å². The van der Waals surface area contributed by atoms with Gasteiger partial charge in [0.05, 0.1) is 17.6 Å². The quantitative estimate of drug-likeness (QED) is 0.908. The maximum atomic E-state index is 12.7. The molecule has 1 amide bonds. The number of rotatable bonds is 4. The van der Waals surface area contributed by atoms with Gasteiger partial charge < -0.3 is 10.1 Å². The topological polar surface area (TPSA) is 75.7 Å². The largest absolute Gasteiger partial charge is 0.376 e. The van der Waals surface area contributed by atoms with E-state index in [4.69, 9.17) is 4.74 Å². The molecule has 25 heavy (non-hydrogen) atoms. The third-order valence-corrected chi connectivity index (χ3v) is 5.87. The minimum absolute atomic E-state index is 0.118. The lowest BCUT2D eigenvalue weighted by atomic mass is 10.2. The number of nitrogens with one attached hydrogen (secondary N) is 1. The third kappa shape index (κ3) is 4.07. The van der Waals surface area contributed by atoms with E-state index in [0.29, 0.717) is 30.9 Å². The number of ether oxygens (including phenoxy) is 1. The Bertz CT molecular complexity index is 835. The normalized spacial score (nSPS) is 18.7. The SMILES string of the molecule is CC1CN(S(=O)(=O)c2ccc(NC(=O)c3ccccc3)cc2)CCO1. The van der Waals surface area contributed by atoms with Crippen molar-refractivity contribution in [2.24, 2.45) is 0 Å². The Morgan fingerprint density at radius 2 is 1.80 bits per heavy atom. The summed E-state index contributed by atoms with van der Waals surface area (Å²) in [5.41, 5.74) is 1.09. The van der Waals surface area contributed by atoms with Crippen molar-refractivity contribution < 1.29 is 17.9 Å². The number of anilines is 1. The van der Waals surface area contributed by atoms with Crippen LogP contribution in [0.4, 0.5) is 5.69 Å². The van der Waals surface area contributed by atoms with Gasteiger partial charge in [0.2, 0.25) is 10.0 Å². The van der Waals surface area contributed by atoms with Crippen LogP contribution < -0.4 is 5.32 Å². The van der Waals surface area contributed by atoms with Crippen LogP contribution in [0.3, 0.4) is 0 Å². The van der Waals surface area contributed by atoms with Gasteiger partial charge in [0.25, 0.3) is 5.91 Å². The Labute approximate surface area is 147 Å². The first kappa shape index (κ1) is 17.6. The number of morpholine rings is 1. The van der Waals surface area contributed by atoms with Crippen molar-refractivity contribution in [2.45, 2.75) is 17.9 Å². The summed E-state index contributed by atoms with van der Waals surface area (Å²) in [6.07, 6.45) is -0.118. The van der Waals surface area contributed by atoms with E-state index >= 15 is 0 Å². The highest BCUT2D eigenvalue weighted by atomic mass is 32.2. The minimum Gasteiger partial charge on any atom is -0.376 e. The number of hydrogen-bond donors (Lipinski definition) is 1. The zero-order valence-corrected chi connectivity index (χ0v) is 14.7. The minimum atomic E-state index is -3.55. The van der Waals surface area contributed by atoms with E-state index in [1.807, 2.05) is 13.0 Å². The van der Waals surface area contributed by atoms with Crippen molar-refractivity contribution in [3.63, 3.8) is 0 Å². The van der Waals surface area contributed by atoms with Crippen molar-refractivity contribution in [2.75, 3.05) is 25.0 Å². The maximum Gasteiger partial charge on any atom is 0.255 e. The number of sulfonamides is 1. The van der Waals surface area contributed by atoms with Gasteiger partial charge in [0, 0.05) is 24.3 Å². The summed E-state index contributed by atoms with van der Waals surface area (Å²) in [6, 6.07) is 15.0. The van der Waals surface area contributed by atoms with Crippen LogP contribution in [0.1, 0.15) is 17.3 Å². The molecule has 1 aliphatic heterocycles. The third-order valence-electron chi connectivity index (χ3n) is 3.99. The molecule has 1 atom stereocenters. The number of carbonyl (C=O) groups excluding carboxylic acids is 1. The molecule has 0 spiro atoms. The number of nitrogens with zero attached hydrogens (tertiary/aromatic N) is 1. The lowest BCUT2D eigenvalue weighted by Crippen LogP contribution is -2.44. The van der Waals surface area contributed by atoms with Crippen molar-refractivity contribution in [1.29, 1.82) is 0 Å². The van der Waals surface area contributed by atoms with Crippen LogP contribution in [0.2, 0.25) is 0 Å². The smallest absolute Gasteiger partial charge is 0.255 e. The van der Waals surface area contributed by atoms with Crippen LogP contribution in [-0.4, -0.2) is 44.4 Å². The molecule has 1 heterocycles. The first-order valence-corrected chi connectivity index (χ1v) is 9.49. The number of hydrogen-bond acceptors (Lipinski definition) is 4. The van der Waals surface area contributed by atoms with Crippen LogP contribution in [0.5, 0.6) is 0 Å². The molecular weight excluding hydrogens is 340 g/mol. The summed E-state index contributed by atoms with van der Waals surface area (Å²) in [7, 11) is -3.55. The molecule has 0 saturated carbocycles. The van der Waals surface area contributed by atoms with Gasteiger partial charge >= 0.3 is 0 Å². The highest BCUT2D eigenvalue weighted by molar-refractivity contribution is 7.89. The van der Waals surface area contributed by atoms with Crippen LogP contribution >= 0.6 is 0 Å². The van der Waals surface area contributed by atoms with E-state index < -0.39 is 10.0 Å². The number of carbonyl (C=O) groups is 1. The summed E-state index contributed by atoms with van der Waals surface area (Å²) in [5, 5.41) is 2.76. The van der Waals surface area contributed by atoms with Gasteiger partial charge in [-0.1, -0.05) is 18.2 Å². The molecule has 0 bridgehead atoms. The summed E-state index contributed by atoms with van der Waals surface area (Å²) >= 11 is 0. The van der Waals surface area contributed by atoms with Gasteiger partial charge in [-0.25, -0.2) is 8.42 Å². The summed E-state index contributed by atoms with van der Waals surface area (Å²) in [5.74, 6) is -0.238. The molecule has 2 aromatic rings.